The van der Waals surface area contributed by atoms with Gasteiger partial charge >= 0.3 is 0 Å². The molecule has 2 amide bonds. The van der Waals surface area contributed by atoms with E-state index in [9.17, 15) is 18.8 Å². The highest BCUT2D eigenvalue weighted by Crippen LogP contribution is 2.30. The maximum Gasteiger partial charge on any atom is 0.294 e. The number of morpholine rings is 1. The number of nitrogens with one attached hydrogen (secondary N) is 2. The van der Waals surface area contributed by atoms with Crippen LogP contribution in [0.5, 0.6) is 0 Å². The number of rotatable bonds is 7. The van der Waals surface area contributed by atoms with Gasteiger partial charge in [0.1, 0.15) is 5.82 Å². The van der Waals surface area contributed by atoms with Crippen molar-refractivity contribution < 1.29 is 23.5 Å². The lowest BCUT2D eigenvalue weighted by molar-refractivity contribution is -0.119. The van der Waals surface area contributed by atoms with Crippen molar-refractivity contribution in [3.8, 4) is 0 Å². The second kappa shape index (κ2) is 10.9. The molecule has 0 atom stereocenters. The number of amides is 2. The number of hydrogen-bond acceptors (Lipinski definition) is 5. The highest BCUT2D eigenvalue weighted by molar-refractivity contribution is 6.42. The number of aromatic nitrogens is 1. The Morgan fingerprint density at radius 2 is 1.75 bits per heavy atom. The number of hydrogen-bond donors (Lipinski definition) is 2. The molecule has 4 rings (SSSR count). The summed E-state index contributed by atoms with van der Waals surface area (Å²) in [6.45, 7) is 7.02. The van der Waals surface area contributed by atoms with Crippen molar-refractivity contribution in [1.82, 2.24) is 14.8 Å². The van der Waals surface area contributed by atoms with Gasteiger partial charge in [-0.1, -0.05) is 19.3 Å². The largest absolute Gasteiger partial charge is 0.379 e. The van der Waals surface area contributed by atoms with Gasteiger partial charge in [-0.25, -0.2) is 4.39 Å². The van der Waals surface area contributed by atoms with E-state index in [1.165, 1.54) is 18.2 Å². The standard InChI is InChI=1S/C27H35FN4O4/c1-18-15-20(7-8-22(18)28)29-25(34)21-16-23(31(3)19(21)2)24(33)26(35)30-27(9-5-4-6-10-27)17-32-11-13-36-14-12-32/h7-8,15-16H,4-6,9-14,17H2,1-3H3,(H,29,34)(H,30,35). The number of nitrogens with zero attached hydrogens (tertiary/aromatic N) is 2. The summed E-state index contributed by atoms with van der Waals surface area (Å²) in [7, 11) is 1.67. The van der Waals surface area contributed by atoms with Crippen molar-refractivity contribution in [2.45, 2.75) is 51.5 Å². The van der Waals surface area contributed by atoms with Gasteiger partial charge in [0.15, 0.2) is 0 Å². The van der Waals surface area contributed by atoms with Crippen LogP contribution in [0.2, 0.25) is 0 Å². The molecule has 1 saturated carbocycles. The number of aryl methyl sites for hydroxylation is 1. The predicted molar refractivity (Wildman–Crippen MR) is 135 cm³/mol. The molecule has 2 N–H and O–H groups in total. The zero-order valence-electron chi connectivity index (χ0n) is 21.3. The first-order chi connectivity index (χ1) is 17.2. The lowest BCUT2D eigenvalue weighted by Crippen LogP contribution is -2.59. The van der Waals surface area contributed by atoms with Crippen molar-refractivity contribution in [2.24, 2.45) is 7.05 Å². The molecule has 2 aliphatic rings. The van der Waals surface area contributed by atoms with E-state index in [1.807, 2.05) is 0 Å². The minimum Gasteiger partial charge on any atom is -0.379 e. The van der Waals surface area contributed by atoms with E-state index in [4.69, 9.17) is 4.74 Å². The molecule has 1 aliphatic carbocycles. The first-order valence-corrected chi connectivity index (χ1v) is 12.6. The van der Waals surface area contributed by atoms with E-state index < -0.39 is 23.1 Å². The zero-order valence-corrected chi connectivity index (χ0v) is 21.3. The van der Waals surface area contributed by atoms with Crippen LogP contribution in [0, 0.1) is 19.7 Å². The molecule has 9 heteroatoms. The smallest absolute Gasteiger partial charge is 0.294 e. The summed E-state index contributed by atoms with van der Waals surface area (Å²) in [6.07, 6.45) is 4.81. The van der Waals surface area contributed by atoms with Crippen LogP contribution >= 0.6 is 0 Å². The zero-order chi connectivity index (χ0) is 25.9. The number of halogens is 1. The molecule has 0 spiro atoms. The van der Waals surface area contributed by atoms with E-state index in [1.54, 1.807) is 31.5 Å². The summed E-state index contributed by atoms with van der Waals surface area (Å²) >= 11 is 0. The molecule has 0 unspecified atom stereocenters. The van der Waals surface area contributed by atoms with Crippen LogP contribution in [0.15, 0.2) is 24.3 Å². The maximum absolute atomic E-state index is 13.6. The Morgan fingerprint density at radius 3 is 2.42 bits per heavy atom. The molecule has 194 valence electrons. The predicted octanol–water partition coefficient (Wildman–Crippen LogP) is 3.37. The SMILES string of the molecule is Cc1cc(NC(=O)c2cc(C(=O)C(=O)NC3(CN4CCOCC4)CCCCC3)n(C)c2C)ccc1F. The molecular weight excluding hydrogens is 463 g/mol. The molecule has 2 aromatic rings. The first kappa shape index (κ1) is 26.0. The first-order valence-electron chi connectivity index (χ1n) is 12.6. The number of benzene rings is 1. The summed E-state index contributed by atoms with van der Waals surface area (Å²) < 4.78 is 20.6. The van der Waals surface area contributed by atoms with E-state index >= 15 is 0 Å². The monoisotopic (exact) mass is 498 g/mol. The van der Waals surface area contributed by atoms with Crippen molar-refractivity contribution >= 4 is 23.3 Å². The summed E-state index contributed by atoms with van der Waals surface area (Å²) in [5.41, 5.74) is 1.43. The van der Waals surface area contributed by atoms with Gasteiger partial charge in [0.05, 0.1) is 30.0 Å². The summed E-state index contributed by atoms with van der Waals surface area (Å²) in [5, 5.41) is 5.84. The number of ether oxygens (including phenoxy) is 1. The number of ketones is 1. The number of carbonyl (C=O) groups is 3. The molecular formula is C27H35FN4O4. The third-order valence-electron chi connectivity index (χ3n) is 7.45. The van der Waals surface area contributed by atoms with Crippen molar-refractivity contribution in [1.29, 1.82) is 0 Å². The van der Waals surface area contributed by atoms with Gasteiger partial charge in [-0.15, -0.1) is 0 Å². The van der Waals surface area contributed by atoms with Gasteiger partial charge in [-0.2, -0.15) is 0 Å². The maximum atomic E-state index is 13.6. The van der Waals surface area contributed by atoms with Crippen LogP contribution < -0.4 is 10.6 Å². The number of carbonyl (C=O) groups excluding carboxylic acids is 3. The van der Waals surface area contributed by atoms with Gasteiger partial charge in [0, 0.05) is 38.1 Å². The lowest BCUT2D eigenvalue weighted by Gasteiger charge is -2.42. The lowest BCUT2D eigenvalue weighted by atomic mass is 9.81. The van der Waals surface area contributed by atoms with E-state index in [0.717, 1.165) is 45.2 Å². The van der Waals surface area contributed by atoms with E-state index in [-0.39, 0.29) is 17.1 Å². The van der Waals surface area contributed by atoms with E-state index in [0.29, 0.717) is 36.7 Å². The molecule has 1 aromatic heterocycles. The Balaban J connectivity index is 1.49. The van der Waals surface area contributed by atoms with Gasteiger partial charge in [-0.05, 0) is 56.5 Å². The van der Waals surface area contributed by atoms with Crippen molar-refractivity contribution in [3.63, 3.8) is 0 Å². The second-order valence-electron chi connectivity index (χ2n) is 10.0. The van der Waals surface area contributed by atoms with Gasteiger partial charge in [-0.3, -0.25) is 19.3 Å². The fraction of sp³-hybridized carbons (Fsp3) is 0.519. The summed E-state index contributed by atoms with van der Waals surface area (Å²) in [4.78, 5) is 41.7. The fourth-order valence-corrected chi connectivity index (χ4v) is 5.22. The molecule has 1 aliphatic heterocycles. The highest BCUT2D eigenvalue weighted by Gasteiger charge is 2.38. The summed E-state index contributed by atoms with van der Waals surface area (Å²) in [5.74, 6) is -2.09. The molecule has 2 heterocycles. The Kier molecular flexibility index (Phi) is 7.90. The second-order valence-corrected chi connectivity index (χ2v) is 10.0. The average Bonchev–Trinajstić information content (AvgIpc) is 3.16. The van der Waals surface area contributed by atoms with Crippen LogP contribution in [0.1, 0.15) is 64.2 Å². The topological polar surface area (TPSA) is 92.7 Å². The van der Waals surface area contributed by atoms with Gasteiger partial charge in [0.2, 0.25) is 0 Å². The Labute approximate surface area is 211 Å². The minimum absolute atomic E-state index is 0.155. The molecule has 8 nitrogen and oxygen atoms in total. The molecule has 1 aromatic carbocycles. The highest BCUT2D eigenvalue weighted by atomic mass is 19.1. The molecule has 1 saturated heterocycles. The van der Waals surface area contributed by atoms with Crippen LogP contribution in [0.25, 0.3) is 0 Å². The van der Waals surface area contributed by atoms with Crippen LogP contribution in [-0.2, 0) is 16.6 Å². The fourth-order valence-electron chi connectivity index (χ4n) is 5.22. The Hall–Kier alpha value is -3.04. The van der Waals surface area contributed by atoms with Crippen molar-refractivity contribution in [2.75, 3.05) is 38.2 Å². The Bertz CT molecular complexity index is 1150. The average molecular weight is 499 g/mol. The quantitative estimate of drug-likeness (QED) is 0.451. The summed E-state index contributed by atoms with van der Waals surface area (Å²) in [6, 6.07) is 5.78. The third kappa shape index (κ3) is 5.68. The third-order valence-corrected chi connectivity index (χ3v) is 7.45. The molecule has 0 bridgehead atoms. The van der Waals surface area contributed by atoms with Crippen LogP contribution in [0.3, 0.4) is 0 Å². The van der Waals surface area contributed by atoms with Crippen molar-refractivity contribution in [3.05, 3.63) is 52.6 Å². The van der Waals surface area contributed by atoms with E-state index in [2.05, 4.69) is 15.5 Å². The van der Waals surface area contributed by atoms with Gasteiger partial charge in [0.25, 0.3) is 17.6 Å². The normalized spacial score (nSPS) is 18.0. The molecule has 2 fully saturated rings. The Morgan fingerprint density at radius 1 is 1.06 bits per heavy atom. The number of anilines is 1. The molecule has 0 radical (unpaired) electrons. The molecule has 36 heavy (non-hydrogen) atoms. The van der Waals surface area contributed by atoms with Crippen LogP contribution in [-0.4, -0.2) is 65.5 Å². The number of Topliss-reactive ketones (excluding diaryl/α,β-unsaturated/α-hetero) is 1. The van der Waals surface area contributed by atoms with Gasteiger partial charge < -0.3 is 19.9 Å². The van der Waals surface area contributed by atoms with Crippen LogP contribution in [0.4, 0.5) is 10.1 Å². The minimum atomic E-state index is -0.663.